The van der Waals surface area contributed by atoms with Crippen LogP contribution in [0, 0.1) is 12.7 Å². The Balaban J connectivity index is 3.04. The minimum absolute atomic E-state index is 0.183. The van der Waals surface area contributed by atoms with Crippen LogP contribution in [0.5, 0.6) is 0 Å². The molecule has 0 heterocycles. The summed E-state index contributed by atoms with van der Waals surface area (Å²) < 4.78 is 39.2. The molecule has 0 spiro atoms. The topological polar surface area (TPSA) is 104 Å². The smallest absolute Gasteiger partial charge is 0.336 e. The summed E-state index contributed by atoms with van der Waals surface area (Å²) in [6.45, 7) is 1.58. The molecule has 0 aliphatic heterocycles. The van der Waals surface area contributed by atoms with Gasteiger partial charge in [-0.05, 0) is 25.5 Å². The van der Waals surface area contributed by atoms with Gasteiger partial charge in [0.25, 0.3) is 0 Å². The second-order valence-electron chi connectivity index (χ2n) is 4.29. The summed E-state index contributed by atoms with van der Waals surface area (Å²) in [4.78, 5) is 10.1. The van der Waals surface area contributed by atoms with Gasteiger partial charge in [0.15, 0.2) is 5.60 Å². The molecule has 1 aromatic rings. The summed E-state index contributed by atoms with van der Waals surface area (Å²) >= 11 is 0. The van der Waals surface area contributed by atoms with Crippen LogP contribution in [0.15, 0.2) is 23.1 Å². The number of benzene rings is 1. The molecule has 1 aromatic carbocycles. The van der Waals surface area contributed by atoms with E-state index in [0.29, 0.717) is 0 Å². The molecular formula is C11H14FNO5S. The molecule has 3 N–H and O–H groups in total. The third-order valence-electron chi connectivity index (χ3n) is 2.50. The first-order chi connectivity index (χ1) is 8.58. The van der Waals surface area contributed by atoms with Crippen LogP contribution in [0.25, 0.3) is 0 Å². The number of hydrogen-bond acceptors (Lipinski definition) is 4. The molecular weight excluding hydrogens is 277 g/mol. The Labute approximate surface area is 109 Å². The van der Waals surface area contributed by atoms with Crippen molar-refractivity contribution in [3.8, 4) is 0 Å². The average Bonchev–Trinajstić information content (AvgIpc) is 2.26. The van der Waals surface area contributed by atoms with Gasteiger partial charge in [0.2, 0.25) is 10.0 Å². The van der Waals surface area contributed by atoms with Gasteiger partial charge >= 0.3 is 5.97 Å². The van der Waals surface area contributed by atoms with Gasteiger partial charge in [-0.3, -0.25) is 0 Å². The van der Waals surface area contributed by atoms with E-state index in [0.717, 1.165) is 13.0 Å². The molecule has 0 amide bonds. The number of carbonyl (C=O) groups is 1. The molecule has 0 radical (unpaired) electrons. The fourth-order valence-electron chi connectivity index (χ4n) is 1.34. The van der Waals surface area contributed by atoms with Gasteiger partial charge in [0.1, 0.15) is 10.7 Å². The molecule has 0 fully saturated rings. The van der Waals surface area contributed by atoms with E-state index in [1.54, 1.807) is 0 Å². The highest BCUT2D eigenvalue weighted by atomic mass is 32.2. The molecule has 0 saturated carbocycles. The normalized spacial score (nSPS) is 14.9. The van der Waals surface area contributed by atoms with E-state index < -0.39 is 38.9 Å². The molecule has 0 aliphatic carbocycles. The van der Waals surface area contributed by atoms with Crippen molar-refractivity contribution in [1.29, 1.82) is 0 Å². The van der Waals surface area contributed by atoms with Crippen molar-refractivity contribution >= 4 is 16.0 Å². The van der Waals surface area contributed by atoms with Crippen molar-refractivity contribution in [3.63, 3.8) is 0 Å². The summed E-state index contributed by atoms with van der Waals surface area (Å²) in [5, 5.41) is 18.1. The zero-order valence-corrected chi connectivity index (χ0v) is 11.2. The molecule has 19 heavy (non-hydrogen) atoms. The lowest BCUT2D eigenvalue weighted by molar-refractivity contribution is -0.155. The van der Waals surface area contributed by atoms with Crippen molar-refractivity contribution in [1.82, 2.24) is 4.72 Å². The fourth-order valence-corrected chi connectivity index (χ4v) is 2.77. The summed E-state index contributed by atoms with van der Waals surface area (Å²) in [7, 11) is -4.24. The molecule has 1 rings (SSSR count). The predicted molar refractivity (Wildman–Crippen MR) is 64.6 cm³/mol. The quantitative estimate of drug-likeness (QED) is 0.721. The number of aliphatic hydroxyl groups is 1. The first-order valence-electron chi connectivity index (χ1n) is 5.28. The van der Waals surface area contributed by atoms with Gasteiger partial charge in [0.05, 0.1) is 6.54 Å². The number of sulfonamides is 1. The lowest BCUT2D eigenvalue weighted by atomic mass is 10.1. The summed E-state index contributed by atoms with van der Waals surface area (Å²) in [5.74, 6) is -2.53. The minimum Gasteiger partial charge on any atom is -0.479 e. The Hall–Kier alpha value is -1.51. The maximum atomic E-state index is 13.5. The number of carboxylic acid groups (broad SMARTS) is 1. The van der Waals surface area contributed by atoms with Crippen LogP contribution in [-0.2, 0) is 14.8 Å². The number of carboxylic acids is 1. The second-order valence-corrected chi connectivity index (χ2v) is 5.99. The van der Waals surface area contributed by atoms with E-state index in [1.165, 1.54) is 19.1 Å². The Morgan fingerprint density at radius 3 is 2.53 bits per heavy atom. The van der Waals surface area contributed by atoms with Crippen LogP contribution in [0.4, 0.5) is 4.39 Å². The lowest BCUT2D eigenvalue weighted by Gasteiger charge is -2.19. The number of rotatable bonds is 5. The summed E-state index contributed by atoms with van der Waals surface area (Å²) in [5.41, 5.74) is -2.09. The second kappa shape index (κ2) is 5.24. The van der Waals surface area contributed by atoms with Crippen LogP contribution < -0.4 is 4.72 Å². The van der Waals surface area contributed by atoms with Gasteiger partial charge in [-0.2, -0.15) is 0 Å². The predicted octanol–water partition coefficient (Wildman–Crippen LogP) is 0.248. The number of aliphatic carboxylic acids is 1. The Morgan fingerprint density at radius 2 is 2.05 bits per heavy atom. The lowest BCUT2D eigenvalue weighted by Crippen LogP contribution is -2.46. The average molecular weight is 291 g/mol. The van der Waals surface area contributed by atoms with Crippen LogP contribution in [0.2, 0.25) is 0 Å². The SMILES string of the molecule is Cc1cccc(F)c1S(=O)(=O)NCC(C)(O)C(=O)O. The van der Waals surface area contributed by atoms with Crippen LogP contribution in [0.3, 0.4) is 0 Å². The van der Waals surface area contributed by atoms with E-state index in [-0.39, 0.29) is 5.56 Å². The first kappa shape index (κ1) is 15.5. The standard InChI is InChI=1S/C11H14FNO5S/c1-7-4-3-5-8(12)9(7)19(17,18)13-6-11(2,16)10(14)15/h3-5,13,16H,6H2,1-2H3,(H,14,15). The fraction of sp³-hybridized carbons (Fsp3) is 0.364. The van der Waals surface area contributed by atoms with Crippen LogP contribution in [-0.4, -0.2) is 36.7 Å². The maximum Gasteiger partial charge on any atom is 0.336 e. The van der Waals surface area contributed by atoms with Gasteiger partial charge in [-0.1, -0.05) is 12.1 Å². The highest BCUT2D eigenvalue weighted by Crippen LogP contribution is 2.19. The van der Waals surface area contributed by atoms with Crippen molar-refractivity contribution in [2.24, 2.45) is 0 Å². The van der Waals surface area contributed by atoms with Crippen molar-refractivity contribution < 1.29 is 27.8 Å². The number of aryl methyl sites for hydroxylation is 1. The molecule has 0 bridgehead atoms. The largest absolute Gasteiger partial charge is 0.479 e. The number of halogens is 1. The van der Waals surface area contributed by atoms with Gasteiger partial charge < -0.3 is 10.2 Å². The van der Waals surface area contributed by atoms with Crippen molar-refractivity contribution in [2.75, 3.05) is 6.54 Å². The number of nitrogens with one attached hydrogen (secondary N) is 1. The molecule has 0 aromatic heterocycles. The molecule has 8 heteroatoms. The number of hydrogen-bond donors (Lipinski definition) is 3. The van der Waals surface area contributed by atoms with Gasteiger partial charge in [0, 0.05) is 0 Å². The molecule has 1 unspecified atom stereocenters. The molecule has 1 atom stereocenters. The zero-order chi connectivity index (χ0) is 14.8. The van der Waals surface area contributed by atoms with Crippen molar-refractivity contribution in [3.05, 3.63) is 29.6 Å². The van der Waals surface area contributed by atoms with E-state index >= 15 is 0 Å². The minimum atomic E-state index is -4.24. The summed E-state index contributed by atoms with van der Waals surface area (Å²) in [6, 6.07) is 3.75. The molecule has 0 aliphatic rings. The Bertz CT molecular complexity index is 577. The summed E-state index contributed by atoms with van der Waals surface area (Å²) in [6.07, 6.45) is 0. The highest BCUT2D eigenvalue weighted by molar-refractivity contribution is 7.89. The van der Waals surface area contributed by atoms with E-state index in [2.05, 4.69) is 0 Å². The van der Waals surface area contributed by atoms with Gasteiger partial charge in [-0.25, -0.2) is 22.3 Å². The first-order valence-corrected chi connectivity index (χ1v) is 6.77. The maximum absolute atomic E-state index is 13.5. The third-order valence-corrected chi connectivity index (χ3v) is 4.08. The molecule has 6 nitrogen and oxygen atoms in total. The Morgan fingerprint density at radius 1 is 1.47 bits per heavy atom. The monoisotopic (exact) mass is 291 g/mol. The molecule has 0 saturated heterocycles. The molecule has 106 valence electrons. The van der Waals surface area contributed by atoms with Crippen LogP contribution in [0.1, 0.15) is 12.5 Å². The van der Waals surface area contributed by atoms with Gasteiger partial charge in [-0.15, -0.1) is 0 Å². The Kier molecular flexibility index (Phi) is 4.28. The van der Waals surface area contributed by atoms with E-state index in [9.17, 15) is 22.7 Å². The van der Waals surface area contributed by atoms with E-state index in [1.807, 2.05) is 4.72 Å². The third kappa shape index (κ3) is 3.49. The highest BCUT2D eigenvalue weighted by Gasteiger charge is 2.32. The van der Waals surface area contributed by atoms with Crippen molar-refractivity contribution in [2.45, 2.75) is 24.3 Å². The van der Waals surface area contributed by atoms with E-state index in [4.69, 9.17) is 5.11 Å². The zero-order valence-electron chi connectivity index (χ0n) is 10.3. The van der Waals surface area contributed by atoms with Crippen LogP contribution >= 0.6 is 0 Å².